The minimum Gasteiger partial charge on any atom is -0.313 e. The zero-order valence-corrected chi connectivity index (χ0v) is 13.1. The third-order valence-corrected chi connectivity index (χ3v) is 5.61. The Labute approximate surface area is 128 Å². The molecule has 1 N–H and O–H groups in total. The zero-order valence-electron chi connectivity index (χ0n) is 13.1. The molecule has 0 amide bonds. The number of benzene rings is 1. The third-order valence-electron chi connectivity index (χ3n) is 5.61. The van der Waals surface area contributed by atoms with Crippen LogP contribution < -0.4 is 5.32 Å². The van der Waals surface area contributed by atoms with E-state index in [1.54, 1.807) is 0 Å². The van der Waals surface area contributed by atoms with Crippen molar-refractivity contribution in [2.24, 2.45) is 5.41 Å². The van der Waals surface area contributed by atoms with Crippen LogP contribution in [0.1, 0.15) is 57.4 Å². The van der Waals surface area contributed by atoms with Gasteiger partial charge in [-0.1, -0.05) is 56.5 Å². The van der Waals surface area contributed by atoms with Crippen molar-refractivity contribution in [1.29, 1.82) is 5.26 Å². The first-order valence-corrected chi connectivity index (χ1v) is 8.36. The fourth-order valence-electron chi connectivity index (χ4n) is 4.05. The molecule has 112 valence electrons. The predicted molar refractivity (Wildman–Crippen MR) is 85.9 cm³/mol. The van der Waals surface area contributed by atoms with E-state index in [4.69, 9.17) is 0 Å². The van der Waals surface area contributed by atoms with Crippen molar-refractivity contribution in [2.75, 3.05) is 6.54 Å². The van der Waals surface area contributed by atoms with Gasteiger partial charge >= 0.3 is 0 Å². The summed E-state index contributed by atoms with van der Waals surface area (Å²) in [5.74, 6) is 0. The third kappa shape index (κ3) is 2.99. The lowest BCUT2D eigenvalue weighted by atomic mass is 9.62. The molecule has 0 atom stereocenters. The molecule has 2 heteroatoms. The maximum atomic E-state index is 9.60. The van der Waals surface area contributed by atoms with Gasteiger partial charge in [-0.3, -0.25) is 0 Å². The van der Waals surface area contributed by atoms with Gasteiger partial charge in [0.2, 0.25) is 0 Å². The average Bonchev–Trinajstić information content (AvgIpc) is 2.48. The van der Waals surface area contributed by atoms with Gasteiger partial charge in [0.1, 0.15) is 0 Å². The van der Waals surface area contributed by atoms with Gasteiger partial charge < -0.3 is 5.32 Å². The number of nitrogens with zero attached hydrogens (tertiary/aromatic N) is 1. The van der Waals surface area contributed by atoms with Gasteiger partial charge in [0, 0.05) is 12.6 Å². The van der Waals surface area contributed by atoms with E-state index < -0.39 is 0 Å². The summed E-state index contributed by atoms with van der Waals surface area (Å²) in [6, 6.07) is 13.4. The van der Waals surface area contributed by atoms with Crippen LogP contribution in [0, 0.1) is 16.7 Å². The van der Waals surface area contributed by atoms with Crippen LogP contribution in [0.5, 0.6) is 0 Å². The fourth-order valence-corrected chi connectivity index (χ4v) is 4.05. The molecule has 2 aliphatic rings. The highest BCUT2D eigenvalue weighted by atomic mass is 15.0. The lowest BCUT2D eigenvalue weighted by Gasteiger charge is -2.45. The van der Waals surface area contributed by atoms with Crippen LogP contribution in [0.3, 0.4) is 0 Å². The van der Waals surface area contributed by atoms with Gasteiger partial charge in [0.15, 0.2) is 0 Å². The summed E-state index contributed by atoms with van der Waals surface area (Å²) >= 11 is 0. The predicted octanol–water partition coefficient (Wildman–Crippen LogP) is 4.17. The molecule has 0 aliphatic heterocycles. The van der Waals surface area contributed by atoms with Crippen LogP contribution >= 0.6 is 0 Å². The summed E-state index contributed by atoms with van der Waals surface area (Å²) in [6.45, 7) is 3.54. The Hall–Kier alpha value is -1.33. The van der Waals surface area contributed by atoms with Crippen LogP contribution in [0.15, 0.2) is 30.3 Å². The Bertz CT molecular complexity index is 502. The summed E-state index contributed by atoms with van der Waals surface area (Å²) in [6.07, 6.45) is 8.81. The number of nitriles is 1. The molecule has 0 saturated heterocycles. The second-order valence-corrected chi connectivity index (χ2v) is 7.42. The van der Waals surface area contributed by atoms with Crippen LogP contribution in [0.25, 0.3) is 0 Å². The summed E-state index contributed by atoms with van der Waals surface area (Å²) in [4.78, 5) is 0. The summed E-state index contributed by atoms with van der Waals surface area (Å²) in [5, 5.41) is 13.3. The van der Waals surface area contributed by atoms with Crippen molar-refractivity contribution in [3.05, 3.63) is 35.9 Å². The minimum atomic E-state index is -0.244. The molecular formula is C19H26N2. The number of hydrogen-bond acceptors (Lipinski definition) is 2. The lowest BCUT2D eigenvalue weighted by Crippen LogP contribution is -2.53. The zero-order chi connectivity index (χ0) is 14.8. The molecule has 1 aromatic carbocycles. The fraction of sp³-hybridized carbons (Fsp3) is 0.632. The molecular weight excluding hydrogens is 256 g/mol. The van der Waals surface area contributed by atoms with E-state index in [0.29, 0.717) is 11.5 Å². The molecule has 0 bridgehead atoms. The molecule has 2 fully saturated rings. The first kappa shape index (κ1) is 14.6. The second kappa shape index (κ2) is 5.81. The van der Waals surface area contributed by atoms with Crippen LogP contribution in [0.4, 0.5) is 0 Å². The standard InChI is InChI=1S/C19H26N2/c1-18(10-6-3-7-11-18)15-21-17-12-19(13-17,14-20)16-8-4-2-5-9-16/h2,4-5,8-9,17,21H,3,6-7,10-13,15H2,1H3. The van der Waals surface area contributed by atoms with Gasteiger partial charge in [-0.25, -0.2) is 0 Å². The van der Waals surface area contributed by atoms with Crippen LogP contribution in [0.2, 0.25) is 0 Å². The average molecular weight is 282 g/mol. The van der Waals surface area contributed by atoms with Gasteiger partial charge in [-0.05, 0) is 36.7 Å². The first-order valence-electron chi connectivity index (χ1n) is 8.36. The smallest absolute Gasteiger partial charge is 0.0852 e. The normalized spacial score (nSPS) is 31.1. The van der Waals surface area contributed by atoms with Crippen LogP contribution in [-0.4, -0.2) is 12.6 Å². The van der Waals surface area contributed by atoms with Crippen molar-refractivity contribution >= 4 is 0 Å². The summed E-state index contributed by atoms with van der Waals surface area (Å²) < 4.78 is 0. The Morgan fingerprint density at radius 3 is 2.43 bits per heavy atom. The Kier molecular flexibility index (Phi) is 4.04. The van der Waals surface area contributed by atoms with Crippen molar-refractivity contribution < 1.29 is 0 Å². The molecule has 0 heterocycles. The molecule has 2 saturated carbocycles. The van der Waals surface area contributed by atoms with E-state index in [0.717, 1.165) is 19.4 Å². The van der Waals surface area contributed by atoms with E-state index in [9.17, 15) is 5.26 Å². The summed E-state index contributed by atoms with van der Waals surface area (Å²) in [7, 11) is 0. The molecule has 3 rings (SSSR count). The largest absolute Gasteiger partial charge is 0.313 e. The van der Waals surface area contributed by atoms with Crippen molar-refractivity contribution in [3.63, 3.8) is 0 Å². The molecule has 2 aliphatic carbocycles. The highest BCUT2D eigenvalue weighted by molar-refractivity contribution is 5.36. The van der Waals surface area contributed by atoms with Crippen molar-refractivity contribution in [2.45, 2.75) is 63.3 Å². The number of rotatable bonds is 4. The maximum absolute atomic E-state index is 9.60. The monoisotopic (exact) mass is 282 g/mol. The van der Waals surface area contributed by atoms with E-state index in [1.807, 2.05) is 18.2 Å². The lowest BCUT2D eigenvalue weighted by molar-refractivity contribution is 0.161. The van der Waals surface area contributed by atoms with Gasteiger partial charge in [0.25, 0.3) is 0 Å². The highest BCUT2D eigenvalue weighted by Gasteiger charge is 2.46. The Morgan fingerprint density at radius 1 is 1.14 bits per heavy atom. The van der Waals surface area contributed by atoms with E-state index in [-0.39, 0.29) is 5.41 Å². The second-order valence-electron chi connectivity index (χ2n) is 7.42. The van der Waals surface area contributed by atoms with Gasteiger partial charge in [-0.2, -0.15) is 5.26 Å². The Morgan fingerprint density at radius 2 is 1.81 bits per heavy atom. The van der Waals surface area contributed by atoms with Gasteiger partial charge in [0.05, 0.1) is 11.5 Å². The molecule has 2 nitrogen and oxygen atoms in total. The van der Waals surface area contributed by atoms with Crippen molar-refractivity contribution in [3.8, 4) is 6.07 Å². The van der Waals surface area contributed by atoms with Crippen LogP contribution in [-0.2, 0) is 5.41 Å². The molecule has 21 heavy (non-hydrogen) atoms. The number of hydrogen-bond donors (Lipinski definition) is 1. The van der Waals surface area contributed by atoms with E-state index in [1.165, 1.54) is 37.7 Å². The molecule has 1 aromatic rings. The topological polar surface area (TPSA) is 35.8 Å². The molecule has 0 radical (unpaired) electrons. The molecule has 0 unspecified atom stereocenters. The van der Waals surface area contributed by atoms with Gasteiger partial charge in [-0.15, -0.1) is 0 Å². The quantitative estimate of drug-likeness (QED) is 0.899. The maximum Gasteiger partial charge on any atom is 0.0852 e. The SMILES string of the molecule is CC1(CNC2CC(C#N)(c3ccccc3)C2)CCCCC1. The highest BCUT2D eigenvalue weighted by Crippen LogP contribution is 2.44. The Balaban J connectivity index is 1.54. The molecule has 0 aromatic heterocycles. The minimum absolute atomic E-state index is 0.244. The molecule has 0 spiro atoms. The number of nitrogens with one attached hydrogen (secondary N) is 1. The first-order chi connectivity index (χ1) is 10.2. The van der Waals surface area contributed by atoms with Crippen molar-refractivity contribution in [1.82, 2.24) is 5.32 Å². The van der Waals surface area contributed by atoms with E-state index >= 15 is 0 Å². The summed E-state index contributed by atoms with van der Waals surface area (Å²) in [5.41, 5.74) is 1.43. The van der Waals surface area contributed by atoms with E-state index in [2.05, 4.69) is 30.4 Å².